The predicted molar refractivity (Wildman–Crippen MR) is 99.1 cm³/mol. The molecule has 2 aromatic carbocycles. The molecule has 1 aromatic heterocycles. The lowest BCUT2D eigenvalue weighted by molar-refractivity contribution is -0.274. The van der Waals surface area contributed by atoms with Crippen LogP contribution in [0.2, 0.25) is 0 Å². The van der Waals surface area contributed by atoms with Gasteiger partial charge in [-0.25, -0.2) is 9.97 Å². The number of rotatable bonds is 6. The molecule has 0 aliphatic carbocycles. The van der Waals surface area contributed by atoms with Crippen molar-refractivity contribution in [3.63, 3.8) is 0 Å². The molecule has 0 unspecified atom stereocenters. The van der Waals surface area contributed by atoms with E-state index in [1.165, 1.54) is 30.6 Å². The molecule has 0 fully saturated rings. The van der Waals surface area contributed by atoms with Crippen molar-refractivity contribution in [3.05, 3.63) is 54.9 Å². The molecular formula is C18H16F3N5O2. The second-order valence-corrected chi connectivity index (χ2v) is 5.51. The van der Waals surface area contributed by atoms with E-state index in [4.69, 9.17) is 10.5 Å². The minimum Gasteiger partial charge on any atom is -0.495 e. The Bertz CT molecular complexity index is 949. The molecule has 3 aromatic rings. The molecule has 0 atom stereocenters. The molecule has 146 valence electrons. The number of ether oxygens (including phenoxy) is 2. The van der Waals surface area contributed by atoms with Gasteiger partial charge in [-0.3, -0.25) is 0 Å². The third kappa shape index (κ3) is 4.72. The molecule has 28 heavy (non-hydrogen) atoms. The van der Waals surface area contributed by atoms with E-state index in [9.17, 15) is 13.2 Å². The summed E-state index contributed by atoms with van der Waals surface area (Å²) in [6, 6.07) is 12.4. The average molecular weight is 391 g/mol. The number of aromatic nitrogens is 2. The van der Waals surface area contributed by atoms with Crippen LogP contribution in [0, 0.1) is 0 Å². The maximum Gasteiger partial charge on any atom is 0.573 e. The van der Waals surface area contributed by atoms with E-state index in [1.807, 2.05) is 12.1 Å². The van der Waals surface area contributed by atoms with Gasteiger partial charge in [0.1, 0.15) is 23.5 Å². The summed E-state index contributed by atoms with van der Waals surface area (Å²) in [6.07, 6.45) is -3.44. The van der Waals surface area contributed by atoms with Crippen molar-refractivity contribution < 1.29 is 22.6 Å². The molecule has 7 nitrogen and oxygen atoms in total. The highest BCUT2D eigenvalue weighted by Crippen LogP contribution is 2.32. The van der Waals surface area contributed by atoms with Gasteiger partial charge in [0, 0.05) is 5.69 Å². The minimum absolute atomic E-state index is 0.226. The van der Waals surface area contributed by atoms with Crippen molar-refractivity contribution >= 4 is 28.7 Å². The van der Waals surface area contributed by atoms with Gasteiger partial charge in [-0.2, -0.15) is 0 Å². The summed E-state index contributed by atoms with van der Waals surface area (Å²) in [4.78, 5) is 8.19. The first-order chi connectivity index (χ1) is 13.4. The number of methoxy groups -OCH3 is 1. The molecule has 1 heterocycles. The number of nitrogens with two attached hydrogens (primary N) is 1. The van der Waals surface area contributed by atoms with Crippen LogP contribution in [-0.2, 0) is 0 Å². The Morgan fingerprint density at radius 2 is 1.57 bits per heavy atom. The minimum atomic E-state index is -4.74. The number of benzene rings is 2. The molecule has 0 aliphatic rings. The van der Waals surface area contributed by atoms with Crippen LogP contribution in [0.1, 0.15) is 0 Å². The SMILES string of the molecule is COc1ccccc1Nc1ncnc(Nc2ccc(OC(F)(F)F)cc2)c1N. The Morgan fingerprint density at radius 3 is 2.21 bits per heavy atom. The summed E-state index contributed by atoms with van der Waals surface area (Å²) >= 11 is 0. The van der Waals surface area contributed by atoms with Crippen LogP contribution in [0.15, 0.2) is 54.9 Å². The molecule has 0 saturated heterocycles. The molecule has 0 aliphatic heterocycles. The Kier molecular flexibility index (Phi) is 5.39. The molecular weight excluding hydrogens is 375 g/mol. The van der Waals surface area contributed by atoms with Crippen LogP contribution < -0.4 is 25.8 Å². The first kappa shape index (κ1) is 19.1. The number of para-hydroxylation sites is 2. The third-order valence-corrected chi connectivity index (χ3v) is 3.59. The summed E-state index contributed by atoms with van der Waals surface area (Å²) in [5.74, 6) is 0.915. The summed E-state index contributed by atoms with van der Waals surface area (Å²) in [7, 11) is 1.54. The zero-order valence-electron chi connectivity index (χ0n) is 14.6. The zero-order chi connectivity index (χ0) is 20.1. The Labute approximate surface area is 158 Å². The molecule has 4 N–H and O–H groups in total. The van der Waals surface area contributed by atoms with E-state index in [2.05, 4.69) is 25.3 Å². The first-order valence-electron chi connectivity index (χ1n) is 7.99. The normalized spacial score (nSPS) is 11.0. The van der Waals surface area contributed by atoms with Crippen molar-refractivity contribution in [1.29, 1.82) is 0 Å². The molecule has 0 radical (unpaired) electrons. The van der Waals surface area contributed by atoms with Crippen molar-refractivity contribution in [1.82, 2.24) is 9.97 Å². The molecule has 0 bridgehead atoms. The van der Waals surface area contributed by atoms with Gasteiger partial charge >= 0.3 is 6.36 Å². The largest absolute Gasteiger partial charge is 0.573 e. The van der Waals surface area contributed by atoms with Crippen LogP contribution in [0.25, 0.3) is 0 Å². The number of hydrogen-bond acceptors (Lipinski definition) is 7. The van der Waals surface area contributed by atoms with E-state index in [0.717, 1.165) is 0 Å². The van der Waals surface area contributed by atoms with Gasteiger partial charge in [0.2, 0.25) is 0 Å². The Hall–Kier alpha value is -3.69. The maximum absolute atomic E-state index is 12.2. The topological polar surface area (TPSA) is 94.3 Å². The highest BCUT2D eigenvalue weighted by molar-refractivity contribution is 5.81. The number of alkyl halides is 3. The quantitative estimate of drug-likeness (QED) is 0.571. The number of anilines is 5. The monoisotopic (exact) mass is 391 g/mol. The van der Waals surface area contributed by atoms with Gasteiger partial charge in [-0.15, -0.1) is 13.2 Å². The van der Waals surface area contributed by atoms with Crippen LogP contribution in [-0.4, -0.2) is 23.4 Å². The average Bonchev–Trinajstić information content (AvgIpc) is 2.66. The fourth-order valence-corrected chi connectivity index (χ4v) is 2.35. The van der Waals surface area contributed by atoms with Crippen molar-refractivity contribution in [2.24, 2.45) is 0 Å². The summed E-state index contributed by atoms with van der Waals surface area (Å²) in [5, 5.41) is 6.00. The maximum atomic E-state index is 12.2. The second kappa shape index (κ2) is 7.91. The predicted octanol–water partition coefficient (Wildman–Crippen LogP) is 4.45. The standard InChI is InChI=1S/C18H16F3N5O2/c1-27-14-5-3-2-4-13(14)26-17-15(22)16(23-10-24-17)25-11-6-8-12(9-7-11)28-18(19,20)21/h2-10H,22H2,1H3,(H2,23,24,25,26). The summed E-state index contributed by atoms with van der Waals surface area (Å²) in [5.41, 5.74) is 7.48. The Balaban J connectivity index is 1.78. The van der Waals surface area contributed by atoms with E-state index >= 15 is 0 Å². The summed E-state index contributed by atoms with van der Waals surface area (Å²) < 4.78 is 45.8. The Morgan fingerprint density at radius 1 is 0.929 bits per heavy atom. The molecule has 10 heteroatoms. The number of hydrogen-bond donors (Lipinski definition) is 3. The van der Waals surface area contributed by atoms with E-state index in [-0.39, 0.29) is 17.3 Å². The first-order valence-corrected chi connectivity index (χ1v) is 7.99. The van der Waals surface area contributed by atoms with Crippen LogP contribution >= 0.6 is 0 Å². The highest BCUT2D eigenvalue weighted by Gasteiger charge is 2.30. The molecule has 3 rings (SSSR count). The van der Waals surface area contributed by atoms with Crippen molar-refractivity contribution in [3.8, 4) is 11.5 Å². The van der Waals surface area contributed by atoms with Gasteiger partial charge in [-0.05, 0) is 36.4 Å². The number of nitrogen functional groups attached to an aromatic ring is 1. The molecule has 0 spiro atoms. The van der Waals surface area contributed by atoms with Crippen LogP contribution in [0.4, 0.5) is 41.9 Å². The number of nitrogens with zero attached hydrogens (tertiary/aromatic N) is 2. The van der Waals surface area contributed by atoms with E-state index in [0.29, 0.717) is 22.9 Å². The van der Waals surface area contributed by atoms with Gasteiger partial charge in [0.05, 0.1) is 12.8 Å². The van der Waals surface area contributed by atoms with Gasteiger partial charge in [-0.1, -0.05) is 12.1 Å². The fraction of sp³-hybridized carbons (Fsp3) is 0.111. The van der Waals surface area contributed by atoms with Gasteiger partial charge < -0.3 is 25.8 Å². The smallest absolute Gasteiger partial charge is 0.495 e. The van der Waals surface area contributed by atoms with Gasteiger partial charge in [0.15, 0.2) is 11.6 Å². The van der Waals surface area contributed by atoms with Crippen LogP contribution in [0.3, 0.4) is 0 Å². The zero-order valence-corrected chi connectivity index (χ0v) is 14.6. The lowest BCUT2D eigenvalue weighted by Crippen LogP contribution is -2.17. The van der Waals surface area contributed by atoms with Crippen LogP contribution in [0.5, 0.6) is 11.5 Å². The lowest BCUT2D eigenvalue weighted by Gasteiger charge is -2.14. The third-order valence-electron chi connectivity index (χ3n) is 3.59. The summed E-state index contributed by atoms with van der Waals surface area (Å²) in [6.45, 7) is 0. The fourth-order valence-electron chi connectivity index (χ4n) is 2.35. The van der Waals surface area contributed by atoms with E-state index in [1.54, 1.807) is 19.2 Å². The number of nitrogens with one attached hydrogen (secondary N) is 2. The molecule has 0 saturated carbocycles. The lowest BCUT2D eigenvalue weighted by atomic mass is 10.2. The van der Waals surface area contributed by atoms with E-state index < -0.39 is 6.36 Å². The van der Waals surface area contributed by atoms with Gasteiger partial charge in [0.25, 0.3) is 0 Å². The molecule has 0 amide bonds. The number of halogens is 3. The second-order valence-electron chi connectivity index (χ2n) is 5.51. The van der Waals surface area contributed by atoms with Crippen molar-refractivity contribution in [2.75, 3.05) is 23.5 Å². The highest BCUT2D eigenvalue weighted by atomic mass is 19.4. The van der Waals surface area contributed by atoms with Crippen molar-refractivity contribution in [2.45, 2.75) is 6.36 Å².